The number of aromatic nitrogens is 8. The molecule has 2 aliphatic carbocycles. The molecule has 0 amide bonds. The molecule has 39 heavy (non-hydrogen) atoms. The molecule has 2 fully saturated rings. The number of fused-ring (bicyclic) bond motifs is 1. The highest BCUT2D eigenvalue weighted by molar-refractivity contribution is 7.91. The van der Waals surface area contributed by atoms with Crippen molar-refractivity contribution < 1.29 is 13.2 Å². The molecule has 2 saturated carbocycles. The molecule has 2 aliphatic rings. The summed E-state index contributed by atoms with van der Waals surface area (Å²) in [7, 11) is -1.85. The van der Waals surface area contributed by atoms with E-state index in [1.165, 1.54) is 18.7 Å². The lowest BCUT2D eigenvalue weighted by Gasteiger charge is -2.28. The van der Waals surface area contributed by atoms with Gasteiger partial charge in [0.1, 0.15) is 28.1 Å². The Morgan fingerprint density at radius 1 is 1.03 bits per heavy atom. The second kappa shape index (κ2) is 9.91. The van der Waals surface area contributed by atoms with Gasteiger partial charge in [-0.2, -0.15) is 0 Å². The van der Waals surface area contributed by atoms with E-state index >= 15 is 0 Å². The Morgan fingerprint density at radius 3 is 2.44 bits per heavy atom. The predicted octanol–water partition coefficient (Wildman–Crippen LogP) is 2.45. The van der Waals surface area contributed by atoms with Crippen LogP contribution in [0.5, 0.6) is 5.88 Å². The van der Waals surface area contributed by atoms with Gasteiger partial charge in [0.25, 0.3) is 5.56 Å². The van der Waals surface area contributed by atoms with Crippen molar-refractivity contribution in [1.29, 1.82) is 0 Å². The number of hydrogen-bond acceptors (Lipinski definition) is 12. The summed E-state index contributed by atoms with van der Waals surface area (Å²) in [5.41, 5.74) is 2.09. The van der Waals surface area contributed by atoms with Gasteiger partial charge in [-0.15, -0.1) is 0 Å². The van der Waals surface area contributed by atoms with Crippen LogP contribution in [-0.2, 0) is 16.4 Å². The highest BCUT2D eigenvalue weighted by Gasteiger charge is 2.32. The van der Waals surface area contributed by atoms with E-state index in [1.807, 2.05) is 0 Å². The van der Waals surface area contributed by atoms with Gasteiger partial charge >= 0.3 is 0 Å². The van der Waals surface area contributed by atoms with Crippen molar-refractivity contribution >= 4 is 26.8 Å². The van der Waals surface area contributed by atoms with Crippen molar-refractivity contribution in [3.05, 3.63) is 46.8 Å². The van der Waals surface area contributed by atoms with Crippen molar-refractivity contribution in [1.82, 2.24) is 39.5 Å². The average molecular weight is 550 g/mol. The normalized spacial score (nSPS) is 15.7. The Hall–Kier alpha value is -4.07. The Bertz CT molecular complexity index is 1720. The number of anilines is 1. The third kappa shape index (κ3) is 4.68. The number of sulfone groups is 1. The molecule has 202 valence electrons. The van der Waals surface area contributed by atoms with E-state index in [0.29, 0.717) is 40.2 Å². The molecular weight excluding hydrogens is 522 g/mol. The fourth-order valence-corrected chi connectivity index (χ4v) is 5.32. The fraction of sp³-hybridized carbons (Fsp3) is 0.440. The fourth-order valence-electron chi connectivity index (χ4n) is 4.56. The van der Waals surface area contributed by atoms with Crippen LogP contribution >= 0.6 is 0 Å². The SMILES string of the molecule is CCS(=O)(=O)c1cnc(CNc2nc3cnc(-c4c(OC)ncnc4C4CC4)nc3n(C3CCC3)c2=O)nc1. The van der Waals surface area contributed by atoms with Crippen LogP contribution in [-0.4, -0.2) is 60.7 Å². The Kier molecular flexibility index (Phi) is 6.41. The van der Waals surface area contributed by atoms with Gasteiger partial charge < -0.3 is 10.1 Å². The molecule has 0 bridgehead atoms. The summed E-state index contributed by atoms with van der Waals surface area (Å²) >= 11 is 0. The largest absolute Gasteiger partial charge is 0.480 e. The lowest BCUT2D eigenvalue weighted by Crippen LogP contribution is -2.32. The summed E-state index contributed by atoms with van der Waals surface area (Å²) in [4.78, 5) is 44.6. The highest BCUT2D eigenvalue weighted by Crippen LogP contribution is 2.45. The first-order valence-electron chi connectivity index (χ1n) is 12.9. The summed E-state index contributed by atoms with van der Waals surface area (Å²) in [6.45, 7) is 1.65. The third-order valence-corrected chi connectivity index (χ3v) is 8.82. The zero-order valence-corrected chi connectivity index (χ0v) is 22.3. The van der Waals surface area contributed by atoms with E-state index in [9.17, 15) is 13.2 Å². The van der Waals surface area contributed by atoms with Gasteiger partial charge in [-0.05, 0) is 32.1 Å². The number of nitrogens with zero attached hydrogens (tertiary/aromatic N) is 8. The zero-order valence-electron chi connectivity index (χ0n) is 21.5. The molecule has 0 radical (unpaired) electrons. The highest BCUT2D eigenvalue weighted by atomic mass is 32.2. The van der Waals surface area contributed by atoms with E-state index in [2.05, 4.69) is 35.2 Å². The van der Waals surface area contributed by atoms with E-state index in [0.717, 1.165) is 37.8 Å². The van der Waals surface area contributed by atoms with Crippen LogP contribution < -0.4 is 15.6 Å². The molecular formula is C25H27N9O4S. The van der Waals surface area contributed by atoms with E-state index in [4.69, 9.17) is 9.72 Å². The second-order valence-electron chi connectivity index (χ2n) is 9.63. The average Bonchev–Trinajstić information content (AvgIpc) is 3.78. The lowest BCUT2D eigenvalue weighted by molar-refractivity contribution is 0.313. The van der Waals surface area contributed by atoms with Crippen LogP contribution in [0, 0.1) is 0 Å². The van der Waals surface area contributed by atoms with E-state index in [1.54, 1.807) is 24.8 Å². The van der Waals surface area contributed by atoms with Gasteiger partial charge in [0, 0.05) is 24.4 Å². The predicted molar refractivity (Wildman–Crippen MR) is 141 cm³/mol. The van der Waals surface area contributed by atoms with E-state index < -0.39 is 9.84 Å². The standard InChI is InChI=1S/C25H27N9O4S/c1-3-39(36,37)16-9-26-18(27-10-16)12-29-22-25(35)34(15-5-4-6-15)23-17(32-22)11-28-21(33-23)19-20(14-7-8-14)30-13-31-24(19)38-2/h9-11,13-15H,3-8,12H2,1-2H3,(H,29,32). The third-order valence-electron chi connectivity index (χ3n) is 7.13. The number of rotatable bonds is 9. The summed E-state index contributed by atoms with van der Waals surface area (Å²) in [5, 5.41) is 3.02. The van der Waals surface area contributed by atoms with Crippen LogP contribution in [0.4, 0.5) is 5.82 Å². The van der Waals surface area contributed by atoms with Crippen molar-refractivity contribution in [3.63, 3.8) is 0 Å². The first-order valence-corrected chi connectivity index (χ1v) is 14.5. The molecule has 4 aromatic heterocycles. The molecule has 0 spiro atoms. The lowest BCUT2D eigenvalue weighted by atomic mass is 9.93. The van der Waals surface area contributed by atoms with Gasteiger partial charge in [0.15, 0.2) is 27.1 Å². The number of methoxy groups -OCH3 is 1. The van der Waals surface area contributed by atoms with Crippen LogP contribution in [0.15, 0.2) is 34.6 Å². The number of hydrogen-bond donors (Lipinski definition) is 1. The Morgan fingerprint density at radius 2 is 1.79 bits per heavy atom. The molecule has 0 atom stereocenters. The van der Waals surface area contributed by atoms with Crippen molar-refractivity contribution in [2.45, 2.75) is 62.4 Å². The van der Waals surface area contributed by atoms with Crippen molar-refractivity contribution in [2.24, 2.45) is 0 Å². The first-order chi connectivity index (χ1) is 18.9. The number of nitrogens with one attached hydrogen (secondary N) is 1. The molecule has 14 heteroatoms. The summed E-state index contributed by atoms with van der Waals surface area (Å²) < 4.78 is 31.3. The summed E-state index contributed by atoms with van der Waals surface area (Å²) in [6, 6.07) is -0.00194. The number of ether oxygens (including phenoxy) is 1. The minimum Gasteiger partial charge on any atom is -0.480 e. The topological polar surface area (TPSA) is 168 Å². The smallest absolute Gasteiger partial charge is 0.295 e. The quantitative estimate of drug-likeness (QED) is 0.324. The first kappa shape index (κ1) is 25.2. The van der Waals surface area contributed by atoms with Gasteiger partial charge in [-0.25, -0.2) is 43.3 Å². The maximum absolute atomic E-state index is 13.6. The molecule has 0 aliphatic heterocycles. The Labute approximate surface area is 224 Å². The van der Waals surface area contributed by atoms with Crippen LogP contribution in [0.3, 0.4) is 0 Å². The maximum Gasteiger partial charge on any atom is 0.295 e. The van der Waals surface area contributed by atoms with Crippen LogP contribution in [0.1, 0.15) is 62.5 Å². The molecule has 1 N–H and O–H groups in total. The molecule has 4 aromatic rings. The van der Waals surface area contributed by atoms with Gasteiger partial charge in [-0.3, -0.25) is 9.36 Å². The van der Waals surface area contributed by atoms with Crippen LogP contribution in [0.25, 0.3) is 22.6 Å². The minimum atomic E-state index is -3.40. The van der Waals surface area contributed by atoms with Crippen molar-refractivity contribution in [2.75, 3.05) is 18.2 Å². The van der Waals surface area contributed by atoms with Crippen LogP contribution in [0.2, 0.25) is 0 Å². The van der Waals surface area contributed by atoms with Gasteiger partial charge in [0.05, 0.1) is 31.3 Å². The monoisotopic (exact) mass is 549 g/mol. The van der Waals surface area contributed by atoms with Gasteiger partial charge in [-0.1, -0.05) is 6.92 Å². The molecule has 6 rings (SSSR count). The van der Waals surface area contributed by atoms with Crippen molar-refractivity contribution in [3.8, 4) is 17.3 Å². The zero-order chi connectivity index (χ0) is 27.1. The van der Waals surface area contributed by atoms with Gasteiger partial charge in [0.2, 0.25) is 5.88 Å². The second-order valence-corrected chi connectivity index (χ2v) is 11.9. The molecule has 0 aromatic carbocycles. The summed E-state index contributed by atoms with van der Waals surface area (Å²) in [6.07, 6.45) is 10.4. The molecule has 0 unspecified atom stereocenters. The molecule has 4 heterocycles. The molecule has 0 saturated heterocycles. The maximum atomic E-state index is 13.6. The Balaban J connectivity index is 1.38. The minimum absolute atomic E-state index is 0.00194. The summed E-state index contributed by atoms with van der Waals surface area (Å²) in [5.74, 6) is 1.52. The van der Waals surface area contributed by atoms with E-state index in [-0.39, 0.29) is 34.6 Å². The molecule has 13 nitrogen and oxygen atoms in total.